The van der Waals surface area contributed by atoms with Crippen LogP contribution in [0.5, 0.6) is 5.75 Å². The van der Waals surface area contributed by atoms with E-state index >= 15 is 0 Å². The number of nitrogens with two attached hydrogens (primary N) is 1. The zero-order chi connectivity index (χ0) is 18.9. The third-order valence-corrected chi connectivity index (χ3v) is 4.59. The summed E-state index contributed by atoms with van der Waals surface area (Å²) >= 11 is 0. The number of hydrogen-bond donors (Lipinski definition) is 2. The van der Waals surface area contributed by atoms with Crippen LogP contribution in [0.3, 0.4) is 0 Å². The molecule has 3 rings (SSSR count). The van der Waals surface area contributed by atoms with Gasteiger partial charge in [0.1, 0.15) is 12.4 Å². The van der Waals surface area contributed by atoms with E-state index < -0.39 is 0 Å². The van der Waals surface area contributed by atoms with Crippen LogP contribution in [0.25, 0.3) is 0 Å². The van der Waals surface area contributed by atoms with Crippen molar-refractivity contribution in [1.82, 2.24) is 15.3 Å². The number of anilines is 1. The van der Waals surface area contributed by atoms with Crippen molar-refractivity contribution in [3.8, 4) is 5.75 Å². The van der Waals surface area contributed by atoms with Crippen LogP contribution in [0.2, 0.25) is 0 Å². The molecule has 1 aliphatic rings. The first-order valence-corrected chi connectivity index (χ1v) is 9.45. The summed E-state index contributed by atoms with van der Waals surface area (Å²) in [6.45, 7) is 3.44. The second-order valence-corrected chi connectivity index (χ2v) is 6.77. The standard InChI is InChI=1S/C20H27N5O2/c21-7-11-27-18-6-1-4-16(12-18)13-19(26)24-14-17-5-2-10-25(15-17)20-22-8-3-9-23-20/h1,3-4,6,8-9,12,17H,2,5,7,10-11,13-15,21H2,(H,24,26)/t17-/m0/s1. The van der Waals surface area contributed by atoms with Gasteiger partial charge in [-0.25, -0.2) is 9.97 Å². The molecule has 1 amide bonds. The molecule has 1 atom stereocenters. The van der Waals surface area contributed by atoms with Crippen molar-refractivity contribution in [2.24, 2.45) is 11.7 Å². The predicted octanol–water partition coefficient (Wildman–Crippen LogP) is 1.39. The van der Waals surface area contributed by atoms with E-state index in [-0.39, 0.29) is 5.91 Å². The normalized spacial score (nSPS) is 16.8. The van der Waals surface area contributed by atoms with Crippen molar-refractivity contribution in [2.45, 2.75) is 19.3 Å². The van der Waals surface area contributed by atoms with Crippen LogP contribution in [-0.2, 0) is 11.2 Å². The zero-order valence-corrected chi connectivity index (χ0v) is 15.5. The van der Waals surface area contributed by atoms with Gasteiger partial charge < -0.3 is 20.7 Å². The number of ether oxygens (including phenoxy) is 1. The minimum Gasteiger partial charge on any atom is -0.492 e. The van der Waals surface area contributed by atoms with E-state index in [0.29, 0.717) is 32.0 Å². The number of nitrogens with zero attached hydrogens (tertiary/aromatic N) is 3. The first kappa shape index (κ1) is 19.1. The third-order valence-electron chi connectivity index (χ3n) is 4.59. The minimum absolute atomic E-state index is 0.0269. The van der Waals surface area contributed by atoms with Gasteiger partial charge in [0.05, 0.1) is 6.42 Å². The third kappa shape index (κ3) is 5.92. The Morgan fingerprint density at radius 1 is 1.30 bits per heavy atom. The van der Waals surface area contributed by atoms with Crippen molar-refractivity contribution in [3.05, 3.63) is 48.3 Å². The summed E-state index contributed by atoms with van der Waals surface area (Å²) in [4.78, 5) is 23.2. The summed E-state index contributed by atoms with van der Waals surface area (Å²) in [6.07, 6.45) is 6.06. The van der Waals surface area contributed by atoms with Gasteiger partial charge >= 0.3 is 0 Å². The number of aromatic nitrogens is 2. The van der Waals surface area contributed by atoms with Gasteiger partial charge in [0.15, 0.2) is 0 Å². The first-order chi connectivity index (χ1) is 13.2. The lowest BCUT2D eigenvalue weighted by Gasteiger charge is -2.32. The van der Waals surface area contributed by atoms with E-state index in [1.54, 1.807) is 12.4 Å². The van der Waals surface area contributed by atoms with Gasteiger partial charge in [-0.1, -0.05) is 12.1 Å². The summed E-state index contributed by atoms with van der Waals surface area (Å²) in [5, 5.41) is 3.07. The van der Waals surface area contributed by atoms with Crippen molar-refractivity contribution in [3.63, 3.8) is 0 Å². The Kier molecular flexibility index (Phi) is 6.98. The molecule has 1 fully saturated rings. The quantitative estimate of drug-likeness (QED) is 0.730. The largest absolute Gasteiger partial charge is 0.492 e. The molecule has 0 radical (unpaired) electrons. The molecule has 1 aromatic carbocycles. The molecule has 1 aromatic heterocycles. The second-order valence-electron chi connectivity index (χ2n) is 6.77. The highest BCUT2D eigenvalue weighted by Gasteiger charge is 2.22. The van der Waals surface area contributed by atoms with Gasteiger partial charge in [0, 0.05) is 38.6 Å². The van der Waals surface area contributed by atoms with E-state index in [0.717, 1.165) is 43.2 Å². The highest BCUT2D eigenvalue weighted by Crippen LogP contribution is 2.19. The van der Waals surface area contributed by atoms with Gasteiger partial charge in [0.2, 0.25) is 11.9 Å². The number of carbonyl (C=O) groups is 1. The maximum atomic E-state index is 12.3. The van der Waals surface area contributed by atoms with Gasteiger partial charge in [-0.2, -0.15) is 0 Å². The summed E-state index contributed by atoms with van der Waals surface area (Å²) in [5.74, 6) is 1.95. The smallest absolute Gasteiger partial charge is 0.225 e. The van der Waals surface area contributed by atoms with E-state index in [1.165, 1.54) is 0 Å². The fourth-order valence-corrected chi connectivity index (χ4v) is 3.30. The van der Waals surface area contributed by atoms with Crippen LogP contribution in [0.1, 0.15) is 18.4 Å². The molecule has 0 unspecified atom stereocenters. The number of nitrogens with one attached hydrogen (secondary N) is 1. The Morgan fingerprint density at radius 2 is 2.15 bits per heavy atom. The van der Waals surface area contributed by atoms with Crippen LogP contribution < -0.4 is 20.7 Å². The zero-order valence-electron chi connectivity index (χ0n) is 15.5. The summed E-state index contributed by atoms with van der Waals surface area (Å²) in [5.41, 5.74) is 6.39. The van der Waals surface area contributed by atoms with Gasteiger partial charge in [-0.05, 0) is 42.5 Å². The lowest BCUT2D eigenvalue weighted by Crippen LogP contribution is -2.41. The molecular weight excluding hydrogens is 342 g/mol. The summed E-state index contributed by atoms with van der Waals surface area (Å²) in [6, 6.07) is 9.42. The molecule has 27 heavy (non-hydrogen) atoms. The SMILES string of the molecule is NCCOc1cccc(CC(=O)NC[C@@H]2CCCN(c3ncccn3)C2)c1. The average Bonchev–Trinajstić information content (AvgIpc) is 2.72. The average molecular weight is 369 g/mol. The lowest BCUT2D eigenvalue weighted by atomic mass is 9.98. The van der Waals surface area contributed by atoms with Crippen molar-refractivity contribution >= 4 is 11.9 Å². The molecule has 7 heteroatoms. The topological polar surface area (TPSA) is 93.4 Å². The fourth-order valence-electron chi connectivity index (χ4n) is 3.30. The number of carbonyl (C=O) groups excluding carboxylic acids is 1. The highest BCUT2D eigenvalue weighted by molar-refractivity contribution is 5.78. The van der Waals surface area contributed by atoms with Crippen molar-refractivity contribution < 1.29 is 9.53 Å². The number of amides is 1. The molecule has 2 aromatic rings. The van der Waals surface area contributed by atoms with Crippen LogP contribution in [0, 0.1) is 5.92 Å². The highest BCUT2D eigenvalue weighted by atomic mass is 16.5. The lowest BCUT2D eigenvalue weighted by molar-refractivity contribution is -0.120. The molecular formula is C20H27N5O2. The Labute approximate surface area is 159 Å². The van der Waals surface area contributed by atoms with Crippen LogP contribution in [0.15, 0.2) is 42.7 Å². The van der Waals surface area contributed by atoms with Crippen LogP contribution in [0.4, 0.5) is 5.95 Å². The van der Waals surface area contributed by atoms with Crippen molar-refractivity contribution in [1.29, 1.82) is 0 Å². The van der Waals surface area contributed by atoms with E-state index in [2.05, 4.69) is 20.2 Å². The second kappa shape index (κ2) is 9.87. The molecule has 0 aliphatic carbocycles. The van der Waals surface area contributed by atoms with Crippen molar-refractivity contribution in [2.75, 3.05) is 37.7 Å². The number of rotatable bonds is 8. The molecule has 144 valence electrons. The molecule has 2 heterocycles. The molecule has 1 aliphatic heterocycles. The molecule has 1 saturated heterocycles. The number of benzene rings is 1. The molecule has 0 bridgehead atoms. The Morgan fingerprint density at radius 3 is 2.96 bits per heavy atom. The van der Waals surface area contributed by atoms with Gasteiger partial charge in [-0.15, -0.1) is 0 Å². The maximum Gasteiger partial charge on any atom is 0.225 e. The van der Waals surface area contributed by atoms with Gasteiger partial charge in [-0.3, -0.25) is 4.79 Å². The summed E-state index contributed by atoms with van der Waals surface area (Å²) < 4.78 is 5.51. The molecule has 7 nitrogen and oxygen atoms in total. The summed E-state index contributed by atoms with van der Waals surface area (Å²) in [7, 11) is 0. The van der Waals surface area contributed by atoms with Crippen LogP contribution in [-0.4, -0.2) is 48.7 Å². The minimum atomic E-state index is 0.0269. The predicted molar refractivity (Wildman–Crippen MR) is 105 cm³/mol. The Balaban J connectivity index is 1.46. The monoisotopic (exact) mass is 369 g/mol. The maximum absolute atomic E-state index is 12.3. The first-order valence-electron chi connectivity index (χ1n) is 9.45. The number of hydrogen-bond acceptors (Lipinski definition) is 6. The van der Waals surface area contributed by atoms with E-state index in [1.807, 2.05) is 30.3 Å². The molecule has 0 saturated carbocycles. The molecule has 0 spiro atoms. The van der Waals surface area contributed by atoms with E-state index in [4.69, 9.17) is 10.5 Å². The molecule has 3 N–H and O–H groups in total. The fraction of sp³-hybridized carbons (Fsp3) is 0.450. The Hall–Kier alpha value is -2.67. The van der Waals surface area contributed by atoms with Gasteiger partial charge in [0.25, 0.3) is 0 Å². The Bertz CT molecular complexity index is 725. The van der Waals surface area contributed by atoms with Crippen LogP contribution >= 0.6 is 0 Å². The van der Waals surface area contributed by atoms with E-state index in [9.17, 15) is 4.79 Å². The number of piperidine rings is 1.